The maximum atomic E-state index is 5.79. The Kier molecular flexibility index (Phi) is 4.74. The van der Waals surface area contributed by atoms with E-state index in [1.54, 1.807) is 0 Å². The molecule has 0 fully saturated rings. The van der Waals surface area contributed by atoms with Gasteiger partial charge in [-0.15, -0.1) is 10.2 Å². The summed E-state index contributed by atoms with van der Waals surface area (Å²) in [4.78, 5) is 0. The van der Waals surface area contributed by atoms with Crippen molar-refractivity contribution in [3.8, 4) is 28.3 Å². The fraction of sp³-hybridized carbons (Fsp3) is 0.0909. The van der Waals surface area contributed by atoms with E-state index in [2.05, 4.69) is 34.5 Å². The van der Waals surface area contributed by atoms with E-state index >= 15 is 0 Å². The first-order valence-corrected chi connectivity index (χ1v) is 8.54. The van der Waals surface area contributed by atoms with Gasteiger partial charge in [0.1, 0.15) is 5.75 Å². The average molecular weight is 342 g/mol. The molecule has 0 amide bonds. The van der Waals surface area contributed by atoms with Crippen LogP contribution in [-0.4, -0.2) is 16.8 Å². The lowest BCUT2D eigenvalue weighted by atomic mass is 10.1. The van der Waals surface area contributed by atoms with Gasteiger partial charge in [0.25, 0.3) is 0 Å². The molecule has 0 aliphatic heterocycles. The molecular formula is C22H18N2O2. The van der Waals surface area contributed by atoms with Gasteiger partial charge in [-0.3, -0.25) is 0 Å². The van der Waals surface area contributed by atoms with Crippen molar-refractivity contribution >= 4 is 0 Å². The molecule has 4 nitrogen and oxygen atoms in total. The molecule has 0 bridgehead atoms. The van der Waals surface area contributed by atoms with E-state index in [0.29, 0.717) is 24.8 Å². The molecule has 3 aromatic carbocycles. The SMILES string of the molecule is c1ccc(-c2ccc(OCCc3nnc(-c4ccccc4)o3)cc2)cc1. The average Bonchev–Trinajstić information content (AvgIpc) is 3.19. The van der Waals surface area contributed by atoms with E-state index in [4.69, 9.17) is 9.15 Å². The molecule has 0 radical (unpaired) electrons. The lowest BCUT2D eigenvalue weighted by Crippen LogP contribution is -2.01. The van der Waals surface area contributed by atoms with Crippen molar-refractivity contribution in [2.75, 3.05) is 6.61 Å². The third-order valence-electron chi connectivity index (χ3n) is 4.03. The fourth-order valence-corrected chi connectivity index (χ4v) is 2.68. The lowest BCUT2D eigenvalue weighted by Gasteiger charge is -2.06. The van der Waals surface area contributed by atoms with Gasteiger partial charge >= 0.3 is 0 Å². The predicted molar refractivity (Wildman–Crippen MR) is 101 cm³/mol. The highest BCUT2D eigenvalue weighted by atomic mass is 16.5. The molecule has 4 rings (SSSR count). The molecule has 0 saturated carbocycles. The van der Waals surface area contributed by atoms with Gasteiger partial charge in [-0.25, -0.2) is 0 Å². The molecule has 0 N–H and O–H groups in total. The molecule has 0 aliphatic rings. The molecule has 0 aliphatic carbocycles. The largest absolute Gasteiger partial charge is 0.493 e. The van der Waals surface area contributed by atoms with E-state index < -0.39 is 0 Å². The zero-order valence-corrected chi connectivity index (χ0v) is 14.2. The topological polar surface area (TPSA) is 48.2 Å². The molecule has 128 valence electrons. The van der Waals surface area contributed by atoms with Crippen molar-refractivity contribution in [1.29, 1.82) is 0 Å². The number of hydrogen-bond acceptors (Lipinski definition) is 4. The molecular weight excluding hydrogens is 324 g/mol. The van der Waals surface area contributed by atoms with Gasteiger partial charge in [-0.05, 0) is 35.4 Å². The van der Waals surface area contributed by atoms with E-state index in [-0.39, 0.29) is 0 Å². The predicted octanol–water partition coefficient (Wildman–Crippen LogP) is 5.03. The van der Waals surface area contributed by atoms with Crippen molar-refractivity contribution in [2.45, 2.75) is 6.42 Å². The van der Waals surface area contributed by atoms with Gasteiger partial charge < -0.3 is 9.15 Å². The minimum absolute atomic E-state index is 0.487. The fourth-order valence-electron chi connectivity index (χ4n) is 2.68. The Balaban J connectivity index is 1.33. The number of rotatable bonds is 6. The van der Waals surface area contributed by atoms with E-state index in [9.17, 15) is 0 Å². The van der Waals surface area contributed by atoms with Crippen molar-refractivity contribution in [3.63, 3.8) is 0 Å². The summed E-state index contributed by atoms with van der Waals surface area (Å²) in [5, 5.41) is 8.17. The monoisotopic (exact) mass is 342 g/mol. The first-order chi connectivity index (χ1) is 12.9. The summed E-state index contributed by atoms with van der Waals surface area (Å²) in [6.07, 6.45) is 0.570. The van der Waals surface area contributed by atoms with Gasteiger partial charge in [-0.1, -0.05) is 60.7 Å². The van der Waals surface area contributed by atoms with Crippen molar-refractivity contribution in [1.82, 2.24) is 10.2 Å². The maximum Gasteiger partial charge on any atom is 0.247 e. The Morgan fingerprint density at radius 1 is 0.654 bits per heavy atom. The van der Waals surface area contributed by atoms with Crippen molar-refractivity contribution < 1.29 is 9.15 Å². The van der Waals surface area contributed by atoms with Crippen LogP contribution in [0.4, 0.5) is 0 Å². The van der Waals surface area contributed by atoms with Crippen LogP contribution in [0.5, 0.6) is 5.75 Å². The minimum atomic E-state index is 0.487. The summed E-state index contributed by atoms with van der Waals surface area (Å²) < 4.78 is 11.5. The van der Waals surface area contributed by atoms with Crippen LogP contribution in [0.25, 0.3) is 22.6 Å². The zero-order valence-electron chi connectivity index (χ0n) is 14.2. The van der Waals surface area contributed by atoms with Crippen molar-refractivity contribution in [2.24, 2.45) is 0 Å². The second-order valence-electron chi connectivity index (χ2n) is 5.86. The van der Waals surface area contributed by atoms with Crippen LogP contribution in [0.2, 0.25) is 0 Å². The molecule has 0 atom stereocenters. The van der Waals surface area contributed by atoms with E-state index in [0.717, 1.165) is 11.3 Å². The van der Waals surface area contributed by atoms with Gasteiger partial charge in [0.05, 0.1) is 13.0 Å². The van der Waals surface area contributed by atoms with Crippen LogP contribution in [0.3, 0.4) is 0 Å². The summed E-state index contributed by atoms with van der Waals surface area (Å²) in [7, 11) is 0. The highest BCUT2D eigenvalue weighted by Gasteiger charge is 2.08. The molecule has 0 saturated heterocycles. The number of ether oxygens (including phenoxy) is 1. The lowest BCUT2D eigenvalue weighted by molar-refractivity contribution is 0.307. The highest BCUT2D eigenvalue weighted by Crippen LogP contribution is 2.22. The van der Waals surface area contributed by atoms with Gasteiger partial charge in [0.15, 0.2) is 0 Å². The number of hydrogen-bond donors (Lipinski definition) is 0. The van der Waals surface area contributed by atoms with Crippen LogP contribution in [-0.2, 0) is 6.42 Å². The van der Waals surface area contributed by atoms with Crippen LogP contribution in [0.1, 0.15) is 5.89 Å². The second kappa shape index (κ2) is 7.66. The molecule has 0 unspecified atom stereocenters. The third-order valence-corrected chi connectivity index (χ3v) is 4.03. The van der Waals surface area contributed by atoms with E-state index in [1.165, 1.54) is 11.1 Å². The summed E-state index contributed by atoms with van der Waals surface area (Å²) in [6.45, 7) is 0.487. The van der Waals surface area contributed by atoms with E-state index in [1.807, 2.05) is 60.7 Å². The molecule has 1 heterocycles. The second-order valence-corrected chi connectivity index (χ2v) is 5.86. The number of aromatic nitrogens is 2. The molecule has 0 spiro atoms. The summed E-state index contributed by atoms with van der Waals surface area (Å²) in [6, 6.07) is 28.1. The molecule has 4 heteroatoms. The summed E-state index contributed by atoms with van der Waals surface area (Å²) in [5.41, 5.74) is 3.28. The smallest absolute Gasteiger partial charge is 0.247 e. The Morgan fingerprint density at radius 3 is 1.96 bits per heavy atom. The summed E-state index contributed by atoms with van der Waals surface area (Å²) >= 11 is 0. The molecule has 1 aromatic heterocycles. The van der Waals surface area contributed by atoms with Gasteiger partial charge in [0.2, 0.25) is 11.8 Å². The quantitative estimate of drug-likeness (QED) is 0.493. The Morgan fingerprint density at radius 2 is 1.27 bits per heavy atom. The highest BCUT2D eigenvalue weighted by molar-refractivity contribution is 5.63. The normalized spacial score (nSPS) is 10.6. The summed E-state index contributed by atoms with van der Waals surface area (Å²) in [5.74, 6) is 1.94. The third kappa shape index (κ3) is 3.81. The Bertz CT molecular complexity index is 948. The standard InChI is InChI=1S/C22H18N2O2/c1-3-7-17(8-4-1)18-11-13-20(14-12-18)25-16-15-21-23-24-22(26-21)19-9-5-2-6-10-19/h1-14H,15-16H2. The zero-order chi connectivity index (χ0) is 17.6. The number of nitrogens with zero attached hydrogens (tertiary/aromatic N) is 2. The van der Waals surface area contributed by atoms with Crippen LogP contribution in [0.15, 0.2) is 89.3 Å². The number of benzene rings is 3. The van der Waals surface area contributed by atoms with Crippen LogP contribution >= 0.6 is 0 Å². The van der Waals surface area contributed by atoms with Gasteiger partial charge in [0, 0.05) is 5.56 Å². The van der Waals surface area contributed by atoms with Crippen LogP contribution < -0.4 is 4.74 Å². The Labute approximate surface area is 152 Å². The molecule has 26 heavy (non-hydrogen) atoms. The minimum Gasteiger partial charge on any atom is -0.493 e. The van der Waals surface area contributed by atoms with Crippen LogP contribution in [0, 0.1) is 0 Å². The first-order valence-electron chi connectivity index (χ1n) is 8.54. The molecule has 4 aromatic rings. The first kappa shape index (κ1) is 16.1. The van der Waals surface area contributed by atoms with Crippen molar-refractivity contribution in [3.05, 3.63) is 90.8 Å². The Hall–Kier alpha value is -3.40. The maximum absolute atomic E-state index is 5.79. The van der Waals surface area contributed by atoms with Gasteiger partial charge in [-0.2, -0.15) is 0 Å².